The molecule has 1 rings (SSSR count). The highest BCUT2D eigenvalue weighted by Gasteiger charge is 2.31. The number of halogens is 3. The Hall–Kier alpha value is -1.76. The number of ether oxygens (including phenoxy) is 2. The molecule has 0 aromatic heterocycles. The fourth-order valence-electron chi connectivity index (χ4n) is 1.47. The third kappa shape index (κ3) is 4.73. The van der Waals surface area contributed by atoms with Crippen molar-refractivity contribution < 1.29 is 27.4 Å². The van der Waals surface area contributed by atoms with Gasteiger partial charge < -0.3 is 14.8 Å². The molecule has 0 aliphatic heterocycles. The van der Waals surface area contributed by atoms with Crippen molar-refractivity contribution in [2.45, 2.75) is 20.0 Å². The Balaban J connectivity index is 2.96. The molecule has 0 unspecified atom stereocenters. The number of anilines is 1. The Morgan fingerprint density at radius 3 is 2.50 bits per heavy atom. The Morgan fingerprint density at radius 2 is 1.95 bits per heavy atom. The van der Waals surface area contributed by atoms with Crippen LogP contribution >= 0.6 is 0 Å². The molecule has 1 aromatic rings. The van der Waals surface area contributed by atoms with Gasteiger partial charge in [-0.3, -0.25) is 4.79 Å². The molecule has 4 nitrogen and oxygen atoms in total. The summed E-state index contributed by atoms with van der Waals surface area (Å²) in [6.45, 7) is 3.80. The van der Waals surface area contributed by atoms with Crippen LogP contribution in [0.25, 0.3) is 0 Å². The molecule has 0 saturated heterocycles. The molecule has 0 heterocycles. The molecule has 0 aliphatic rings. The van der Waals surface area contributed by atoms with Gasteiger partial charge in [0.15, 0.2) is 0 Å². The van der Waals surface area contributed by atoms with Gasteiger partial charge in [-0.1, -0.05) is 0 Å². The topological polar surface area (TPSA) is 47.6 Å². The first-order valence-corrected chi connectivity index (χ1v) is 6.10. The van der Waals surface area contributed by atoms with Crippen LogP contribution < -0.4 is 10.1 Å². The molecule has 1 amide bonds. The van der Waals surface area contributed by atoms with Gasteiger partial charge in [0.05, 0.1) is 17.9 Å². The third-order valence-electron chi connectivity index (χ3n) is 2.32. The molecule has 1 N–H and O–H groups in total. The van der Waals surface area contributed by atoms with E-state index in [4.69, 9.17) is 9.47 Å². The Morgan fingerprint density at radius 1 is 1.25 bits per heavy atom. The standard InChI is InChI=1S/C13H16F3NO3/c1-3-19-8-12(18)17-10-7-9(13(14,15)16)5-6-11(10)20-4-2/h5-7H,3-4,8H2,1-2H3,(H,17,18). The molecular formula is C13H16F3NO3. The summed E-state index contributed by atoms with van der Waals surface area (Å²) in [4.78, 5) is 11.5. The molecule has 112 valence electrons. The van der Waals surface area contributed by atoms with Gasteiger partial charge >= 0.3 is 6.18 Å². The smallest absolute Gasteiger partial charge is 0.416 e. The first-order chi connectivity index (χ1) is 9.38. The van der Waals surface area contributed by atoms with E-state index in [-0.39, 0.29) is 24.7 Å². The van der Waals surface area contributed by atoms with E-state index >= 15 is 0 Å². The normalized spacial score (nSPS) is 11.2. The molecule has 0 aliphatic carbocycles. The maximum absolute atomic E-state index is 12.6. The lowest BCUT2D eigenvalue weighted by Gasteiger charge is -2.14. The van der Waals surface area contributed by atoms with Gasteiger partial charge in [0.2, 0.25) is 5.91 Å². The second kappa shape index (κ2) is 7.14. The fraction of sp³-hybridized carbons (Fsp3) is 0.462. The minimum absolute atomic E-state index is 0.0219. The van der Waals surface area contributed by atoms with E-state index in [1.54, 1.807) is 13.8 Å². The van der Waals surface area contributed by atoms with E-state index in [1.165, 1.54) is 6.07 Å². The van der Waals surface area contributed by atoms with Crippen molar-refractivity contribution in [3.63, 3.8) is 0 Å². The van der Waals surface area contributed by atoms with Crippen molar-refractivity contribution in [1.29, 1.82) is 0 Å². The van der Waals surface area contributed by atoms with Crippen LogP contribution in [0.5, 0.6) is 5.75 Å². The molecular weight excluding hydrogens is 275 g/mol. The van der Waals surface area contributed by atoms with Crippen LogP contribution in [0.2, 0.25) is 0 Å². The maximum atomic E-state index is 12.6. The zero-order valence-electron chi connectivity index (χ0n) is 11.2. The zero-order chi connectivity index (χ0) is 15.2. The van der Waals surface area contributed by atoms with Gasteiger partial charge in [-0.25, -0.2) is 0 Å². The number of hydrogen-bond donors (Lipinski definition) is 1. The van der Waals surface area contributed by atoms with Crippen LogP contribution in [-0.4, -0.2) is 25.7 Å². The van der Waals surface area contributed by atoms with E-state index in [0.29, 0.717) is 6.61 Å². The van der Waals surface area contributed by atoms with E-state index in [2.05, 4.69) is 5.32 Å². The van der Waals surface area contributed by atoms with Gasteiger partial charge in [-0.2, -0.15) is 13.2 Å². The lowest BCUT2D eigenvalue weighted by molar-refractivity contribution is -0.137. The first kappa shape index (κ1) is 16.3. The number of nitrogens with one attached hydrogen (secondary N) is 1. The number of rotatable bonds is 6. The number of hydrogen-bond acceptors (Lipinski definition) is 3. The molecule has 0 atom stereocenters. The summed E-state index contributed by atoms with van der Waals surface area (Å²) in [7, 11) is 0. The first-order valence-electron chi connectivity index (χ1n) is 6.10. The Kier molecular flexibility index (Phi) is 5.82. The molecule has 1 aromatic carbocycles. The largest absolute Gasteiger partial charge is 0.492 e. The number of benzene rings is 1. The van der Waals surface area contributed by atoms with Crippen molar-refractivity contribution in [3.05, 3.63) is 23.8 Å². The third-order valence-corrected chi connectivity index (χ3v) is 2.32. The molecule has 0 saturated carbocycles. The zero-order valence-corrected chi connectivity index (χ0v) is 11.2. The van der Waals surface area contributed by atoms with Gasteiger partial charge in [-0.05, 0) is 32.0 Å². The van der Waals surface area contributed by atoms with Gasteiger partial charge in [0, 0.05) is 6.61 Å². The number of carbonyl (C=O) groups excluding carboxylic acids is 1. The molecule has 0 bridgehead atoms. The average Bonchev–Trinajstić information content (AvgIpc) is 2.37. The molecule has 7 heteroatoms. The summed E-state index contributed by atoms with van der Waals surface area (Å²) in [6, 6.07) is 2.93. The summed E-state index contributed by atoms with van der Waals surface area (Å²) < 4.78 is 48.0. The monoisotopic (exact) mass is 291 g/mol. The van der Waals surface area contributed by atoms with Crippen molar-refractivity contribution in [3.8, 4) is 5.75 Å². The van der Waals surface area contributed by atoms with E-state index in [9.17, 15) is 18.0 Å². The molecule has 20 heavy (non-hydrogen) atoms. The van der Waals surface area contributed by atoms with Crippen LogP contribution in [-0.2, 0) is 15.7 Å². The average molecular weight is 291 g/mol. The summed E-state index contributed by atoms with van der Waals surface area (Å²) in [5.74, 6) is -0.350. The summed E-state index contributed by atoms with van der Waals surface area (Å²) in [6.07, 6.45) is -4.48. The van der Waals surface area contributed by atoms with E-state index in [0.717, 1.165) is 12.1 Å². The van der Waals surface area contributed by atoms with Crippen molar-refractivity contribution in [2.24, 2.45) is 0 Å². The highest BCUT2D eigenvalue weighted by Crippen LogP contribution is 2.35. The lowest BCUT2D eigenvalue weighted by atomic mass is 10.1. The van der Waals surface area contributed by atoms with E-state index < -0.39 is 17.6 Å². The second-order valence-corrected chi connectivity index (χ2v) is 3.83. The molecule has 0 radical (unpaired) electrons. The Bertz CT molecular complexity index is 461. The summed E-state index contributed by atoms with van der Waals surface area (Å²) in [5, 5.41) is 2.35. The highest BCUT2D eigenvalue weighted by molar-refractivity contribution is 5.93. The predicted molar refractivity (Wildman–Crippen MR) is 67.7 cm³/mol. The summed E-state index contributed by atoms with van der Waals surface area (Å²) >= 11 is 0. The highest BCUT2D eigenvalue weighted by atomic mass is 19.4. The second-order valence-electron chi connectivity index (χ2n) is 3.83. The van der Waals surface area contributed by atoms with Crippen LogP contribution in [0.1, 0.15) is 19.4 Å². The predicted octanol–water partition coefficient (Wildman–Crippen LogP) is 3.08. The maximum Gasteiger partial charge on any atom is 0.416 e. The summed E-state index contributed by atoms with van der Waals surface area (Å²) in [5.41, 5.74) is -0.876. The van der Waals surface area contributed by atoms with Crippen molar-refractivity contribution in [1.82, 2.24) is 0 Å². The van der Waals surface area contributed by atoms with Crippen LogP contribution in [0.15, 0.2) is 18.2 Å². The van der Waals surface area contributed by atoms with E-state index in [1.807, 2.05) is 0 Å². The SMILES string of the molecule is CCOCC(=O)Nc1cc(C(F)(F)F)ccc1OCC. The van der Waals surface area contributed by atoms with Gasteiger partial charge in [-0.15, -0.1) is 0 Å². The molecule has 0 spiro atoms. The minimum Gasteiger partial charge on any atom is -0.492 e. The minimum atomic E-state index is -4.48. The number of amides is 1. The molecule has 0 fully saturated rings. The van der Waals surface area contributed by atoms with Crippen LogP contribution in [0.4, 0.5) is 18.9 Å². The number of alkyl halides is 3. The quantitative estimate of drug-likeness (QED) is 0.876. The Labute approximate surface area is 114 Å². The van der Waals surface area contributed by atoms with Crippen molar-refractivity contribution >= 4 is 11.6 Å². The van der Waals surface area contributed by atoms with Crippen LogP contribution in [0.3, 0.4) is 0 Å². The lowest BCUT2D eigenvalue weighted by Crippen LogP contribution is -2.19. The van der Waals surface area contributed by atoms with Gasteiger partial charge in [0.1, 0.15) is 12.4 Å². The van der Waals surface area contributed by atoms with Crippen molar-refractivity contribution in [2.75, 3.05) is 25.1 Å². The van der Waals surface area contributed by atoms with Gasteiger partial charge in [0.25, 0.3) is 0 Å². The number of carbonyl (C=O) groups is 1. The fourth-order valence-corrected chi connectivity index (χ4v) is 1.47. The van der Waals surface area contributed by atoms with Crippen LogP contribution in [0, 0.1) is 0 Å².